The van der Waals surface area contributed by atoms with E-state index in [1.807, 2.05) is 0 Å². The molecule has 2 aliphatic carbocycles. The number of hydrogen-bond donors (Lipinski definition) is 1. The van der Waals surface area contributed by atoms with Crippen molar-refractivity contribution in [3.8, 4) is 0 Å². The van der Waals surface area contributed by atoms with Gasteiger partial charge in [-0.25, -0.2) is 0 Å². The van der Waals surface area contributed by atoms with Crippen LogP contribution >= 0.6 is 0 Å². The summed E-state index contributed by atoms with van der Waals surface area (Å²) in [7, 11) is 0. The first-order chi connectivity index (χ1) is 10.4. The monoisotopic (exact) mass is 296 g/mol. The molecule has 1 heteroatoms. The molecule has 1 unspecified atom stereocenters. The average molecular weight is 296 g/mol. The molecule has 1 aromatic rings. The Hall–Kier alpha value is -1.50. The second kappa shape index (κ2) is 5.61. The minimum absolute atomic E-state index is 0.240. The van der Waals surface area contributed by atoms with Crippen molar-refractivity contribution in [2.75, 3.05) is 0 Å². The van der Waals surface area contributed by atoms with Gasteiger partial charge in [0.1, 0.15) is 0 Å². The first-order valence-electron chi connectivity index (χ1n) is 8.55. The highest BCUT2D eigenvalue weighted by molar-refractivity contribution is 5.44. The molecule has 1 aromatic carbocycles. The zero-order valence-corrected chi connectivity index (χ0v) is 14.2. The molecule has 0 spiro atoms. The summed E-state index contributed by atoms with van der Waals surface area (Å²) in [6.07, 6.45) is 9.07. The average Bonchev–Trinajstić information content (AvgIpc) is 2.89. The predicted molar refractivity (Wildman–Crippen MR) is 93.4 cm³/mol. The van der Waals surface area contributed by atoms with Crippen molar-refractivity contribution < 1.29 is 5.11 Å². The van der Waals surface area contributed by atoms with E-state index in [0.717, 1.165) is 19.3 Å². The van der Waals surface area contributed by atoms with E-state index in [-0.39, 0.29) is 5.92 Å². The Morgan fingerprint density at radius 3 is 2.82 bits per heavy atom. The fraction of sp³-hybridized carbons (Fsp3) is 0.524. The van der Waals surface area contributed by atoms with Crippen molar-refractivity contribution in [3.63, 3.8) is 0 Å². The number of allylic oxidation sites excluding steroid dienone is 3. The van der Waals surface area contributed by atoms with E-state index in [0.29, 0.717) is 11.2 Å². The number of aliphatic hydroxyl groups excluding tert-OH is 1. The molecule has 0 fully saturated rings. The number of rotatable bonds is 3. The summed E-state index contributed by atoms with van der Waals surface area (Å²) in [5, 5.41) is 9.59. The third-order valence-corrected chi connectivity index (χ3v) is 5.63. The molecule has 0 bridgehead atoms. The molecule has 0 heterocycles. The van der Waals surface area contributed by atoms with Crippen LogP contribution in [0.3, 0.4) is 0 Å². The van der Waals surface area contributed by atoms with Crippen LogP contribution in [0.25, 0.3) is 0 Å². The molecule has 0 saturated heterocycles. The van der Waals surface area contributed by atoms with Gasteiger partial charge >= 0.3 is 0 Å². The molecule has 0 aromatic heterocycles. The van der Waals surface area contributed by atoms with Gasteiger partial charge in [-0.05, 0) is 73.1 Å². The van der Waals surface area contributed by atoms with Crippen LogP contribution in [0.4, 0.5) is 0 Å². The highest BCUT2D eigenvalue weighted by Crippen LogP contribution is 2.39. The van der Waals surface area contributed by atoms with E-state index in [4.69, 9.17) is 0 Å². The molecule has 1 atom stereocenters. The molecule has 2 aliphatic rings. The van der Waals surface area contributed by atoms with Crippen LogP contribution in [0.5, 0.6) is 0 Å². The standard InChI is InChI=1S/C21H28O/c1-14-10-18-6-5-9-21(3,4)20(18)13-19(14)12-16-7-8-17(11-16)15(2)22/h7,10,13,17,22H,2,5-6,8-9,11-12H2,1,3-4H3. The lowest BCUT2D eigenvalue weighted by atomic mass is 9.71. The Balaban J connectivity index is 1.85. The Labute approximate surface area is 134 Å². The summed E-state index contributed by atoms with van der Waals surface area (Å²) in [5.41, 5.74) is 7.76. The van der Waals surface area contributed by atoms with Crippen LogP contribution in [0.2, 0.25) is 0 Å². The van der Waals surface area contributed by atoms with Gasteiger partial charge in [0.05, 0.1) is 5.76 Å². The number of benzene rings is 1. The number of fused-ring (bicyclic) bond motifs is 1. The van der Waals surface area contributed by atoms with Crippen LogP contribution < -0.4 is 0 Å². The van der Waals surface area contributed by atoms with Crippen molar-refractivity contribution in [3.05, 3.63) is 58.4 Å². The first kappa shape index (κ1) is 15.4. The Morgan fingerprint density at radius 2 is 2.14 bits per heavy atom. The zero-order chi connectivity index (χ0) is 15.9. The van der Waals surface area contributed by atoms with Gasteiger partial charge in [0.2, 0.25) is 0 Å². The van der Waals surface area contributed by atoms with E-state index in [9.17, 15) is 5.11 Å². The minimum Gasteiger partial charge on any atom is -0.513 e. The SMILES string of the molecule is C=C(O)C1CC=C(Cc2cc3c(cc2C)CCCC3(C)C)C1. The number of aliphatic hydroxyl groups is 1. The molecule has 0 aliphatic heterocycles. The topological polar surface area (TPSA) is 20.2 Å². The molecule has 0 saturated carbocycles. The summed E-state index contributed by atoms with van der Waals surface area (Å²) in [5.74, 6) is 0.582. The van der Waals surface area contributed by atoms with E-state index in [2.05, 4.69) is 45.6 Å². The van der Waals surface area contributed by atoms with Crippen LogP contribution in [0, 0.1) is 12.8 Å². The summed E-state index contributed by atoms with van der Waals surface area (Å²) < 4.78 is 0. The van der Waals surface area contributed by atoms with E-state index >= 15 is 0 Å². The lowest BCUT2D eigenvalue weighted by Gasteiger charge is -2.33. The van der Waals surface area contributed by atoms with Gasteiger partial charge in [0.15, 0.2) is 0 Å². The normalized spacial score (nSPS) is 23.0. The number of hydrogen-bond acceptors (Lipinski definition) is 1. The Morgan fingerprint density at radius 1 is 1.36 bits per heavy atom. The highest BCUT2D eigenvalue weighted by Gasteiger charge is 2.28. The summed E-state index contributed by atoms with van der Waals surface area (Å²) >= 11 is 0. The van der Waals surface area contributed by atoms with Gasteiger partial charge in [-0.1, -0.05) is 44.2 Å². The van der Waals surface area contributed by atoms with Gasteiger partial charge < -0.3 is 5.11 Å². The lowest BCUT2D eigenvalue weighted by Crippen LogP contribution is -2.24. The smallest absolute Gasteiger partial charge is 0.0888 e. The summed E-state index contributed by atoms with van der Waals surface area (Å²) in [4.78, 5) is 0. The second-order valence-electron chi connectivity index (χ2n) is 7.84. The third kappa shape index (κ3) is 2.86. The van der Waals surface area contributed by atoms with Crippen molar-refractivity contribution in [1.82, 2.24) is 0 Å². The van der Waals surface area contributed by atoms with E-state index in [1.54, 1.807) is 11.1 Å². The second-order valence-corrected chi connectivity index (χ2v) is 7.84. The third-order valence-electron chi connectivity index (χ3n) is 5.63. The molecule has 1 N–H and O–H groups in total. The maximum Gasteiger partial charge on any atom is 0.0888 e. The van der Waals surface area contributed by atoms with Gasteiger partial charge in [-0.3, -0.25) is 0 Å². The highest BCUT2D eigenvalue weighted by atomic mass is 16.3. The minimum atomic E-state index is 0.240. The maximum atomic E-state index is 9.59. The molecule has 22 heavy (non-hydrogen) atoms. The molecular formula is C21H28O. The van der Waals surface area contributed by atoms with Gasteiger partial charge in [-0.2, -0.15) is 0 Å². The van der Waals surface area contributed by atoms with Crippen LogP contribution in [0.1, 0.15) is 61.8 Å². The van der Waals surface area contributed by atoms with Gasteiger partial charge in [0, 0.05) is 5.92 Å². The maximum absolute atomic E-state index is 9.59. The molecule has 1 nitrogen and oxygen atoms in total. The fourth-order valence-corrected chi connectivity index (χ4v) is 4.13. The van der Waals surface area contributed by atoms with E-state index < -0.39 is 0 Å². The largest absolute Gasteiger partial charge is 0.513 e. The quantitative estimate of drug-likeness (QED) is 0.572. The summed E-state index contributed by atoms with van der Waals surface area (Å²) in [6, 6.07) is 4.88. The predicted octanol–water partition coefficient (Wildman–Crippen LogP) is 5.56. The van der Waals surface area contributed by atoms with Crippen molar-refractivity contribution in [2.24, 2.45) is 5.92 Å². The lowest BCUT2D eigenvalue weighted by molar-refractivity contribution is 0.337. The molecule has 0 amide bonds. The van der Waals surface area contributed by atoms with Crippen LogP contribution in [0.15, 0.2) is 36.1 Å². The van der Waals surface area contributed by atoms with Crippen LogP contribution in [-0.4, -0.2) is 5.11 Å². The Bertz CT molecular complexity index is 634. The van der Waals surface area contributed by atoms with Crippen molar-refractivity contribution in [1.29, 1.82) is 0 Å². The van der Waals surface area contributed by atoms with E-state index in [1.165, 1.54) is 36.0 Å². The number of aryl methyl sites for hydroxylation is 2. The zero-order valence-electron chi connectivity index (χ0n) is 14.2. The van der Waals surface area contributed by atoms with Crippen LogP contribution in [-0.2, 0) is 18.3 Å². The van der Waals surface area contributed by atoms with Gasteiger partial charge in [0.25, 0.3) is 0 Å². The molecular weight excluding hydrogens is 268 g/mol. The molecule has 3 rings (SSSR count). The molecule has 118 valence electrons. The fourth-order valence-electron chi connectivity index (χ4n) is 4.13. The Kier molecular flexibility index (Phi) is 3.92. The van der Waals surface area contributed by atoms with Gasteiger partial charge in [-0.15, -0.1) is 0 Å². The first-order valence-corrected chi connectivity index (χ1v) is 8.55. The summed E-state index contributed by atoms with van der Waals surface area (Å²) in [6.45, 7) is 10.7. The molecule has 0 radical (unpaired) electrons. The van der Waals surface area contributed by atoms with Crippen molar-refractivity contribution in [2.45, 2.75) is 64.7 Å². The van der Waals surface area contributed by atoms with Crippen molar-refractivity contribution >= 4 is 0 Å².